The third kappa shape index (κ3) is 6.90. The van der Waals surface area contributed by atoms with Crippen molar-refractivity contribution in [3.63, 3.8) is 0 Å². The molecule has 2 heterocycles. The predicted octanol–water partition coefficient (Wildman–Crippen LogP) is 5.53. The van der Waals surface area contributed by atoms with E-state index in [1.54, 1.807) is 30.5 Å². The third-order valence-electron chi connectivity index (χ3n) is 5.71. The predicted molar refractivity (Wildman–Crippen MR) is 137 cm³/mol. The number of halogens is 2. The van der Waals surface area contributed by atoms with Gasteiger partial charge < -0.3 is 23.9 Å². The molecule has 0 amide bonds. The lowest BCUT2D eigenvalue weighted by Gasteiger charge is -2.11. The highest BCUT2D eigenvalue weighted by molar-refractivity contribution is 9.10. The van der Waals surface area contributed by atoms with E-state index in [-0.39, 0.29) is 25.6 Å². The highest BCUT2D eigenvalue weighted by Crippen LogP contribution is 2.22. The molecule has 0 aliphatic heterocycles. The van der Waals surface area contributed by atoms with Crippen molar-refractivity contribution in [1.82, 2.24) is 14.5 Å². The molecular weight excluding hydrogens is 529 g/mol. The van der Waals surface area contributed by atoms with Gasteiger partial charge in [-0.2, -0.15) is 0 Å². The number of imidazole rings is 1. The molecular formula is C27H27BrFN3O4. The summed E-state index contributed by atoms with van der Waals surface area (Å²) >= 11 is 3.24. The van der Waals surface area contributed by atoms with Crippen molar-refractivity contribution in [2.75, 3.05) is 0 Å². The lowest BCUT2D eigenvalue weighted by molar-refractivity contribution is 0.264. The van der Waals surface area contributed by atoms with Crippen molar-refractivity contribution in [3.8, 4) is 5.75 Å². The van der Waals surface area contributed by atoms with Gasteiger partial charge in [-0.05, 0) is 60.7 Å². The Morgan fingerprint density at radius 1 is 1.06 bits per heavy atom. The minimum atomic E-state index is -0.340. The van der Waals surface area contributed by atoms with Gasteiger partial charge in [0.15, 0.2) is 0 Å². The van der Waals surface area contributed by atoms with Crippen LogP contribution in [0.1, 0.15) is 46.9 Å². The molecule has 2 N–H and O–H groups in total. The summed E-state index contributed by atoms with van der Waals surface area (Å²) in [6.45, 7) is 0.848. The van der Waals surface area contributed by atoms with E-state index in [0.717, 1.165) is 36.9 Å². The highest BCUT2D eigenvalue weighted by atomic mass is 79.9. The van der Waals surface area contributed by atoms with Gasteiger partial charge in [0.1, 0.15) is 42.6 Å². The Morgan fingerprint density at radius 3 is 2.75 bits per heavy atom. The molecule has 4 aromatic rings. The van der Waals surface area contributed by atoms with E-state index in [2.05, 4.69) is 25.9 Å². The van der Waals surface area contributed by atoms with E-state index in [9.17, 15) is 14.6 Å². The zero-order valence-corrected chi connectivity index (χ0v) is 21.2. The van der Waals surface area contributed by atoms with Gasteiger partial charge in [0.05, 0.1) is 6.61 Å². The molecule has 2 aromatic carbocycles. The lowest BCUT2D eigenvalue weighted by atomic mass is 10.0. The molecule has 7 nitrogen and oxygen atoms in total. The van der Waals surface area contributed by atoms with Crippen LogP contribution in [0.5, 0.6) is 5.75 Å². The number of nitrogens with zero attached hydrogens (tertiary/aromatic N) is 3. The van der Waals surface area contributed by atoms with Crippen molar-refractivity contribution in [3.05, 3.63) is 99.4 Å². The highest BCUT2D eigenvalue weighted by Gasteiger charge is 2.08. The number of aliphatic hydroxyl groups is 2. The Hall–Kier alpha value is -3.27. The molecule has 36 heavy (non-hydrogen) atoms. The summed E-state index contributed by atoms with van der Waals surface area (Å²) in [5, 5.41) is 19.1. The van der Waals surface area contributed by atoms with E-state index in [4.69, 9.17) is 9.15 Å². The number of ether oxygens (including phenoxy) is 1. The largest absolute Gasteiger partial charge is 0.487 e. The average Bonchev–Trinajstić information content (AvgIpc) is 3.54. The van der Waals surface area contributed by atoms with Gasteiger partial charge >= 0.3 is 0 Å². The normalized spacial score (nSPS) is 11.4. The van der Waals surface area contributed by atoms with Gasteiger partial charge in [0.25, 0.3) is 0 Å². The number of aromatic nitrogens is 3. The smallest absolute Gasteiger partial charge is 0.218 e. The maximum absolute atomic E-state index is 13.9. The van der Waals surface area contributed by atoms with Gasteiger partial charge in [-0.15, -0.1) is 0 Å². The molecule has 0 unspecified atom stereocenters. The molecule has 0 aliphatic rings. The van der Waals surface area contributed by atoms with Crippen LogP contribution in [0.15, 0.2) is 63.9 Å². The van der Waals surface area contributed by atoms with Crippen molar-refractivity contribution in [2.45, 2.75) is 45.6 Å². The third-order valence-corrected chi connectivity index (χ3v) is 6.20. The molecule has 0 fully saturated rings. The molecule has 0 bridgehead atoms. The second-order valence-corrected chi connectivity index (χ2v) is 9.12. The van der Waals surface area contributed by atoms with Crippen LogP contribution in [0.4, 0.5) is 4.39 Å². The lowest BCUT2D eigenvalue weighted by Crippen LogP contribution is -2.04. The minimum Gasteiger partial charge on any atom is -0.487 e. The summed E-state index contributed by atoms with van der Waals surface area (Å²) in [6.07, 6.45) is 11.0. The van der Waals surface area contributed by atoms with Gasteiger partial charge in [-0.25, -0.2) is 14.4 Å². The number of benzene rings is 2. The second kappa shape index (κ2) is 12.6. The standard InChI is InChI=1S/C27H27BrFN3O4/c28-22-7-4-20(25(29)14-22)6-9-27-31-23(18-36-27)17-35-24-8-5-19(21(13-24)15-33)3-1-2-11-32-12-10-30-26(32)16-34/h4-10,12-14,18,33-34H,1-3,11,15-17H2/b9-6+. The fourth-order valence-electron chi connectivity index (χ4n) is 3.80. The first-order valence-electron chi connectivity index (χ1n) is 11.6. The molecule has 9 heteroatoms. The van der Waals surface area contributed by atoms with Gasteiger partial charge in [0.2, 0.25) is 5.89 Å². The van der Waals surface area contributed by atoms with Crippen LogP contribution < -0.4 is 4.74 Å². The van der Waals surface area contributed by atoms with E-state index in [0.29, 0.717) is 33.2 Å². The van der Waals surface area contributed by atoms with Gasteiger partial charge in [-0.3, -0.25) is 0 Å². The Kier molecular flexibility index (Phi) is 9.05. The summed E-state index contributed by atoms with van der Waals surface area (Å²) in [5.74, 6) is 1.31. The number of oxazole rings is 1. The quantitative estimate of drug-likeness (QED) is 0.223. The van der Waals surface area contributed by atoms with Gasteiger partial charge in [-0.1, -0.05) is 28.1 Å². The first-order valence-corrected chi connectivity index (χ1v) is 12.4. The van der Waals surface area contributed by atoms with Crippen molar-refractivity contribution in [1.29, 1.82) is 0 Å². The van der Waals surface area contributed by atoms with Crippen molar-refractivity contribution < 1.29 is 23.8 Å². The van der Waals surface area contributed by atoms with Crippen LogP contribution >= 0.6 is 15.9 Å². The zero-order chi connectivity index (χ0) is 25.3. The fraction of sp³-hybridized carbons (Fsp3) is 0.259. The second-order valence-electron chi connectivity index (χ2n) is 8.21. The molecule has 188 valence electrons. The fourth-order valence-corrected chi connectivity index (χ4v) is 4.13. The first-order chi connectivity index (χ1) is 17.6. The number of aryl methyl sites for hydroxylation is 2. The maximum Gasteiger partial charge on any atom is 0.218 e. The summed E-state index contributed by atoms with van der Waals surface area (Å²) < 4.78 is 27.8. The molecule has 0 spiro atoms. The summed E-state index contributed by atoms with van der Waals surface area (Å²) in [5.41, 5.74) is 2.93. The zero-order valence-electron chi connectivity index (χ0n) is 19.6. The van der Waals surface area contributed by atoms with Gasteiger partial charge in [0, 0.05) is 35.1 Å². The van der Waals surface area contributed by atoms with E-state index < -0.39 is 0 Å². The number of hydrogen-bond acceptors (Lipinski definition) is 6. The van der Waals surface area contributed by atoms with Crippen LogP contribution in [-0.2, 0) is 32.8 Å². The summed E-state index contributed by atoms with van der Waals surface area (Å²) in [6, 6.07) is 10.5. The average molecular weight is 556 g/mol. The topological polar surface area (TPSA) is 93.5 Å². The SMILES string of the molecule is OCc1cc(OCc2coc(/C=C/c3ccc(Br)cc3F)n2)ccc1CCCCn1ccnc1CO. The van der Waals surface area contributed by atoms with Crippen LogP contribution in [0, 0.1) is 5.82 Å². The number of aliphatic hydroxyl groups excluding tert-OH is 2. The Bertz CT molecular complexity index is 1320. The Morgan fingerprint density at radius 2 is 1.94 bits per heavy atom. The Labute approximate surface area is 217 Å². The molecule has 2 aromatic heterocycles. The molecule has 4 rings (SSSR count). The number of rotatable bonds is 12. The monoisotopic (exact) mass is 555 g/mol. The molecule has 0 aliphatic carbocycles. The first kappa shape index (κ1) is 25.8. The Balaban J connectivity index is 1.28. The van der Waals surface area contributed by atoms with Crippen LogP contribution in [0.3, 0.4) is 0 Å². The van der Waals surface area contributed by atoms with E-state index in [1.165, 1.54) is 12.3 Å². The van der Waals surface area contributed by atoms with E-state index >= 15 is 0 Å². The van der Waals surface area contributed by atoms with Crippen molar-refractivity contribution in [2.24, 2.45) is 0 Å². The molecule has 0 saturated carbocycles. The van der Waals surface area contributed by atoms with Crippen LogP contribution in [-0.4, -0.2) is 24.7 Å². The summed E-state index contributed by atoms with van der Waals surface area (Å²) in [4.78, 5) is 8.46. The van der Waals surface area contributed by atoms with Crippen LogP contribution in [0.2, 0.25) is 0 Å². The number of hydrogen-bond donors (Lipinski definition) is 2. The number of unbranched alkanes of at least 4 members (excludes halogenated alkanes) is 1. The van der Waals surface area contributed by atoms with E-state index in [1.807, 2.05) is 29.0 Å². The van der Waals surface area contributed by atoms with Crippen molar-refractivity contribution >= 4 is 28.1 Å². The maximum atomic E-state index is 13.9. The van der Waals surface area contributed by atoms with Crippen LogP contribution in [0.25, 0.3) is 12.2 Å². The minimum absolute atomic E-state index is 0.0680. The summed E-state index contributed by atoms with van der Waals surface area (Å²) in [7, 11) is 0. The molecule has 0 atom stereocenters. The molecule has 0 saturated heterocycles. The molecule has 0 radical (unpaired) electrons.